The first-order valence-electron chi connectivity index (χ1n) is 8.59. The molecule has 136 valence electrons. The zero-order valence-corrected chi connectivity index (χ0v) is 15.6. The van der Waals surface area contributed by atoms with Crippen LogP contribution in [0.15, 0.2) is 0 Å². The lowest BCUT2D eigenvalue weighted by Crippen LogP contribution is -2.53. The van der Waals surface area contributed by atoms with Crippen LogP contribution in [-0.4, -0.2) is 69.9 Å². The molecule has 0 saturated carbocycles. The minimum absolute atomic E-state index is 0.00387. The largest absolute Gasteiger partial charge is 0.481 e. The quantitative estimate of drug-likeness (QED) is 0.833. The molecule has 0 aromatic carbocycles. The summed E-state index contributed by atoms with van der Waals surface area (Å²) in [6.45, 7) is 7.44. The van der Waals surface area contributed by atoms with E-state index in [1.807, 2.05) is 20.8 Å². The molecule has 1 N–H and O–H groups in total. The van der Waals surface area contributed by atoms with Gasteiger partial charge >= 0.3 is 5.97 Å². The van der Waals surface area contributed by atoms with E-state index in [1.54, 1.807) is 21.6 Å². The van der Waals surface area contributed by atoms with E-state index in [9.17, 15) is 14.4 Å². The Morgan fingerprint density at radius 1 is 1.21 bits per heavy atom. The SMILES string of the molecule is CC(C)(C)C(=O)N1CCCC(C(=O)N2CCSCC2CC(=O)O)C1. The number of piperidine rings is 1. The van der Waals surface area contributed by atoms with Crippen molar-refractivity contribution in [2.75, 3.05) is 31.1 Å². The van der Waals surface area contributed by atoms with E-state index in [-0.39, 0.29) is 30.2 Å². The number of thioether (sulfide) groups is 1. The Bertz CT molecular complexity index is 503. The molecule has 2 amide bonds. The van der Waals surface area contributed by atoms with Crippen LogP contribution in [0.5, 0.6) is 0 Å². The number of amides is 2. The second-order valence-electron chi connectivity index (χ2n) is 7.70. The van der Waals surface area contributed by atoms with Gasteiger partial charge in [-0.05, 0) is 12.8 Å². The maximum Gasteiger partial charge on any atom is 0.305 e. The molecule has 2 rings (SSSR count). The standard InChI is InChI=1S/C17H28N2O4S/c1-17(2,3)16(23)18-6-4-5-12(10-18)15(22)19-7-8-24-11-13(19)9-14(20)21/h12-13H,4-11H2,1-3H3,(H,20,21). The Hall–Kier alpha value is -1.24. The van der Waals surface area contributed by atoms with Gasteiger partial charge in [0, 0.05) is 36.6 Å². The number of hydrogen-bond acceptors (Lipinski definition) is 4. The average molecular weight is 356 g/mol. The van der Waals surface area contributed by atoms with Gasteiger partial charge in [-0.25, -0.2) is 0 Å². The highest BCUT2D eigenvalue weighted by atomic mass is 32.2. The molecule has 0 radical (unpaired) electrons. The van der Waals surface area contributed by atoms with E-state index in [4.69, 9.17) is 5.11 Å². The molecule has 7 heteroatoms. The van der Waals surface area contributed by atoms with Crippen molar-refractivity contribution in [3.63, 3.8) is 0 Å². The van der Waals surface area contributed by atoms with Gasteiger partial charge in [0.25, 0.3) is 0 Å². The second-order valence-corrected chi connectivity index (χ2v) is 8.85. The lowest BCUT2D eigenvalue weighted by molar-refractivity contribution is -0.146. The lowest BCUT2D eigenvalue weighted by Gasteiger charge is -2.41. The van der Waals surface area contributed by atoms with Gasteiger partial charge in [-0.15, -0.1) is 0 Å². The predicted octanol–water partition coefficient (Wildman–Crippen LogP) is 1.69. The Kier molecular flexibility index (Phi) is 6.17. The number of carboxylic acid groups (broad SMARTS) is 1. The van der Waals surface area contributed by atoms with Crippen LogP contribution in [-0.2, 0) is 14.4 Å². The number of carboxylic acids is 1. The van der Waals surface area contributed by atoms with Crippen molar-refractivity contribution < 1.29 is 19.5 Å². The van der Waals surface area contributed by atoms with Crippen LogP contribution in [0.4, 0.5) is 0 Å². The van der Waals surface area contributed by atoms with Crippen molar-refractivity contribution in [2.45, 2.75) is 46.1 Å². The molecule has 0 bridgehead atoms. The Morgan fingerprint density at radius 2 is 1.92 bits per heavy atom. The number of likely N-dealkylation sites (tertiary alicyclic amines) is 1. The maximum absolute atomic E-state index is 12.9. The van der Waals surface area contributed by atoms with Crippen LogP contribution < -0.4 is 0 Å². The monoisotopic (exact) mass is 356 g/mol. The summed E-state index contributed by atoms with van der Waals surface area (Å²) in [4.78, 5) is 40.1. The molecule has 0 spiro atoms. The fourth-order valence-corrected chi connectivity index (χ4v) is 4.45. The van der Waals surface area contributed by atoms with Crippen molar-refractivity contribution in [1.82, 2.24) is 9.80 Å². The minimum atomic E-state index is -0.867. The van der Waals surface area contributed by atoms with E-state index in [0.29, 0.717) is 25.4 Å². The molecule has 2 unspecified atom stereocenters. The van der Waals surface area contributed by atoms with Gasteiger partial charge in [-0.3, -0.25) is 14.4 Å². The van der Waals surface area contributed by atoms with Crippen LogP contribution in [0.3, 0.4) is 0 Å². The van der Waals surface area contributed by atoms with Gasteiger partial charge < -0.3 is 14.9 Å². The minimum Gasteiger partial charge on any atom is -0.481 e. The average Bonchev–Trinajstić information content (AvgIpc) is 2.52. The third kappa shape index (κ3) is 4.65. The highest BCUT2D eigenvalue weighted by Crippen LogP contribution is 2.27. The highest BCUT2D eigenvalue weighted by Gasteiger charge is 2.37. The summed E-state index contributed by atoms with van der Waals surface area (Å²) in [5, 5.41) is 9.08. The van der Waals surface area contributed by atoms with E-state index in [0.717, 1.165) is 18.6 Å². The molecule has 6 nitrogen and oxygen atoms in total. The summed E-state index contributed by atoms with van der Waals surface area (Å²) in [6, 6.07) is -0.234. The molecule has 2 atom stereocenters. The molecule has 2 fully saturated rings. The number of nitrogens with zero attached hydrogens (tertiary/aromatic N) is 2. The summed E-state index contributed by atoms with van der Waals surface area (Å²) in [7, 11) is 0. The van der Waals surface area contributed by atoms with Crippen LogP contribution >= 0.6 is 11.8 Å². The molecule has 24 heavy (non-hydrogen) atoms. The van der Waals surface area contributed by atoms with E-state index < -0.39 is 11.4 Å². The smallest absolute Gasteiger partial charge is 0.305 e. The van der Waals surface area contributed by atoms with E-state index >= 15 is 0 Å². The van der Waals surface area contributed by atoms with Crippen molar-refractivity contribution in [1.29, 1.82) is 0 Å². The first-order valence-corrected chi connectivity index (χ1v) is 9.75. The number of aliphatic carboxylic acids is 1. The molecule has 0 aliphatic carbocycles. The zero-order chi connectivity index (χ0) is 17.9. The summed E-state index contributed by atoms with van der Waals surface area (Å²) >= 11 is 1.70. The Labute approximate surface area is 147 Å². The van der Waals surface area contributed by atoms with Crippen molar-refractivity contribution in [3.8, 4) is 0 Å². The number of hydrogen-bond donors (Lipinski definition) is 1. The van der Waals surface area contributed by atoms with Crippen LogP contribution in [0.1, 0.15) is 40.0 Å². The number of carbonyl (C=O) groups is 3. The third-order valence-electron chi connectivity index (χ3n) is 4.62. The van der Waals surface area contributed by atoms with Gasteiger partial charge in [0.05, 0.1) is 18.4 Å². The van der Waals surface area contributed by atoms with Crippen LogP contribution in [0, 0.1) is 11.3 Å². The van der Waals surface area contributed by atoms with Gasteiger partial charge in [0.15, 0.2) is 0 Å². The summed E-state index contributed by atoms with van der Waals surface area (Å²) in [5.74, 6) is 0.552. The Balaban J connectivity index is 2.04. The molecule has 0 aromatic rings. The van der Waals surface area contributed by atoms with Gasteiger partial charge in [0.1, 0.15) is 0 Å². The summed E-state index contributed by atoms with van der Waals surface area (Å²) < 4.78 is 0. The van der Waals surface area contributed by atoms with Gasteiger partial charge in [-0.2, -0.15) is 11.8 Å². The molecular formula is C17H28N2O4S. The third-order valence-corrected chi connectivity index (χ3v) is 5.71. The molecule has 2 aliphatic heterocycles. The highest BCUT2D eigenvalue weighted by molar-refractivity contribution is 7.99. The topological polar surface area (TPSA) is 77.9 Å². The number of rotatable bonds is 3. The van der Waals surface area contributed by atoms with Crippen LogP contribution in [0.2, 0.25) is 0 Å². The van der Waals surface area contributed by atoms with Gasteiger partial charge in [-0.1, -0.05) is 20.8 Å². The molecule has 2 aliphatic rings. The molecule has 2 heterocycles. The van der Waals surface area contributed by atoms with Gasteiger partial charge in [0.2, 0.25) is 11.8 Å². The van der Waals surface area contributed by atoms with Crippen LogP contribution in [0.25, 0.3) is 0 Å². The first kappa shape index (κ1) is 19.1. The fraction of sp³-hybridized carbons (Fsp3) is 0.824. The van der Waals surface area contributed by atoms with E-state index in [1.165, 1.54) is 0 Å². The summed E-state index contributed by atoms with van der Waals surface area (Å²) in [5.41, 5.74) is -0.446. The zero-order valence-electron chi connectivity index (χ0n) is 14.8. The number of carbonyl (C=O) groups excluding carboxylic acids is 2. The Morgan fingerprint density at radius 3 is 2.54 bits per heavy atom. The predicted molar refractivity (Wildman–Crippen MR) is 93.8 cm³/mol. The first-order chi connectivity index (χ1) is 11.2. The lowest BCUT2D eigenvalue weighted by atomic mass is 9.90. The van der Waals surface area contributed by atoms with Crippen molar-refractivity contribution >= 4 is 29.5 Å². The normalized spacial score (nSPS) is 25.5. The van der Waals surface area contributed by atoms with E-state index in [2.05, 4.69) is 0 Å². The molecule has 0 aromatic heterocycles. The summed E-state index contributed by atoms with van der Waals surface area (Å²) in [6.07, 6.45) is 1.59. The second kappa shape index (κ2) is 7.76. The van der Waals surface area contributed by atoms with Crippen molar-refractivity contribution in [3.05, 3.63) is 0 Å². The molecule has 2 saturated heterocycles. The molecular weight excluding hydrogens is 328 g/mol. The fourth-order valence-electron chi connectivity index (χ4n) is 3.39. The van der Waals surface area contributed by atoms with Crippen molar-refractivity contribution in [2.24, 2.45) is 11.3 Å². The maximum atomic E-state index is 12.9.